The second-order valence-electron chi connectivity index (χ2n) is 8.02. The van der Waals surface area contributed by atoms with E-state index in [0.29, 0.717) is 29.8 Å². The normalized spacial score (nSPS) is 14.7. The molecular formula is C24H25F2N3O3S2. The van der Waals surface area contributed by atoms with Crippen molar-refractivity contribution >= 4 is 45.3 Å². The molecule has 1 amide bonds. The average Bonchev–Trinajstić information content (AvgIpc) is 3.25. The number of carbonyl (C=O) groups is 1. The van der Waals surface area contributed by atoms with Crippen molar-refractivity contribution in [3.05, 3.63) is 68.9 Å². The molecule has 1 aliphatic rings. The first kappa shape index (κ1) is 24.3. The summed E-state index contributed by atoms with van der Waals surface area (Å²) >= 11 is 1.18. The van der Waals surface area contributed by atoms with Crippen molar-refractivity contribution in [1.29, 1.82) is 0 Å². The first-order chi connectivity index (χ1) is 16.3. The molecule has 1 atom stereocenters. The molecule has 2 heterocycles. The molecule has 6 nitrogen and oxygen atoms in total. The van der Waals surface area contributed by atoms with Crippen LogP contribution in [0.4, 0.5) is 25.8 Å². The maximum Gasteiger partial charge on any atom is 0.267 e. The SMILES string of the molecule is Cc1cc(C)c(N2CCOCC2)c(C)c1NC(=O)c1sccc1NS(=O)c1ccc(F)cc1F. The third-order valence-electron chi connectivity index (χ3n) is 5.66. The zero-order chi connectivity index (χ0) is 24.4. The fraction of sp³-hybridized carbons (Fsp3) is 0.292. The number of hydrogen-bond acceptors (Lipinski definition) is 5. The van der Waals surface area contributed by atoms with E-state index in [1.54, 1.807) is 11.4 Å². The highest BCUT2D eigenvalue weighted by atomic mass is 32.2. The zero-order valence-corrected chi connectivity index (χ0v) is 20.7. The molecule has 0 spiro atoms. The maximum atomic E-state index is 14.0. The molecule has 2 aromatic carbocycles. The number of carbonyl (C=O) groups excluding carboxylic acids is 1. The monoisotopic (exact) mass is 505 g/mol. The van der Waals surface area contributed by atoms with Crippen molar-refractivity contribution in [3.8, 4) is 0 Å². The van der Waals surface area contributed by atoms with Crippen LogP contribution in [0.3, 0.4) is 0 Å². The predicted octanol–water partition coefficient (Wildman–Crippen LogP) is 5.18. The van der Waals surface area contributed by atoms with Gasteiger partial charge in [0.25, 0.3) is 5.91 Å². The van der Waals surface area contributed by atoms with Gasteiger partial charge in [-0.2, -0.15) is 0 Å². The minimum Gasteiger partial charge on any atom is -0.378 e. The number of nitrogens with zero attached hydrogens (tertiary/aromatic N) is 1. The Bertz CT molecular complexity index is 1260. The Hall–Kier alpha value is -2.82. The van der Waals surface area contributed by atoms with E-state index >= 15 is 0 Å². The second kappa shape index (κ2) is 10.2. The molecule has 1 aliphatic heterocycles. The van der Waals surface area contributed by atoms with Gasteiger partial charge in [0, 0.05) is 30.5 Å². The molecular weight excluding hydrogens is 480 g/mol. The summed E-state index contributed by atoms with van der Waals surface area (Å²) in [5.41, 5.74) is 5.15. The molecule has 2 N–H and O–H groups in total. The summed E-state index contributed by atoms with van der Waals surface area (Å²) in [6, 6.07) is 6.48. The fourth-order valence-electron chi connectivity index (χ4n) is 4.16. The Balaban J connectivity index is 1.57. The van der Waals surface area contributed by atoms with Crippen LogP contribution in [0.15, 0.2) is 40.6 Å². The molecule has 0 bridgehead atoms. The van der Waals surface area contributed by atoms with Gasteiger partial charge < -0.3 is 15.0 Å². The Labute approximate surface area is 203 Å². The van der Waals surface area contributed by atoms with E-state index in [1.165, 1.54) is 11.3 Å². The van der Waals surface area contributed by atoms with Crippen LogP contribution in [-0.4, -0.2) is 36.4 Å². The summed E-state index contributed by atoms with van der Waals surface area (Å²) in [6.45, 7) is 8.86. The van der Waals surface area contributed by atoms with E-state index in [2.05, 4.69) is 21.9 Å². The molecule has 0 radical (unpaired) electrons. The van der Waals surface area contributed by atoms with Crippen LogP contribution < -0.4 is 14.9 Å². The van der Waals surface area contributed by atoms with E-state index < -0.39 is 22.6 Å². The Morgan fingerprint density at radius 1 is 1.09 bits per heavy atom. The van der Waals surface area contributed by atoms with Gasteiger partial charge in [-0.05, 0) is 61.0 Å². The number of amides is 1. The quantitative estimate of drug-likeness (QED) is 0.485. The van der Waals surface area contributed by atoms with Gasteiger partial charge in [0.15, 0.2) is 11.0 Å². The summed E-state index contributed by atoms with van der Waals surface area (Å²) in [5.74, 6) is -2.04. The molecule has 1 aromatic heterocycles. The largest absolute Gasteiger partial charge is 0.378 e. The van der Waals surface area contributed by atoms with Gasteiger partial charge in [0.2, 0.25) is 0 Å². The van der Waals surface area contributed by atoms with E-state index in [-0.39, 0.29) is 10.8 Å². The van der Waals surface area contributed by atoms with Gasteiger partial charge in [-0.25, -0.2) is 13.0 Å². The molecule has 4 rings (SSSR count). The molecule has 1 fully saturated rings. The molecule has 1 unspecified atom stereocenters. The topological polar surface area (TPSA) is 70.7 Å². The van der Waals surface area contributed by atoms with Crippen LogP contribution in [0.1, 0.15) is 26.4 Å². The number of nitrogens with one attached hydrogen (secondary N) is 2. The number of aryl methyl sites for hydroxylation is 2. The summed E-state index contributed by atoms with van der Waals surface area (Å²) in [4.78, 5) is 15.6. The van der Waals surface area contributed by atoms with Crippen molar-refractivity contribution in [1.82, 2.24) is 0 Å². The number of thiophene rings is 1. The van der Waals surface area contributed by atoms with Crippen molar-refractivity contribution in [2.45, 2.75) is 25.7 Å². The lowest BCUT2D eigenvalue weighted by Gasteiger charge is -2.32. The number of halogens is 2. The second-order valence-corrected chi connectivity index (χ2v) is 10.1. The highest BCUT2D eigenvalue weighted by molar-refractivity contribution is 7.86. The molecule has 0 saturated carbocycles. The smallest absolute Gasteiger partial charge is 0.267 e. The van der Waals surface area contributed by atoms with Crippen LogP contribution in [-0.2, 0) is 15.7 Å². The van der Waals surface area contributed by atoms with Crippen LogP contribution in [0, 0.1) is 32.4 Å². The molecule has 180 valence electrons. The van der Waals surface area contributed by atoms with Crippen LogP contribution in [0.5, 0.6) is 0 Å². The van der Waals surface area contributed by atoms with Gasteiger partial charge in [-0.3, -0.25) is 9.52 Å². The van der Waals surface area contributed by atoms with E-state index in [9.17, 15) is 17.8 Å². The summed E-state index contributed by atoms with van der Waals surface area (Å²) in [6.07, 6.45) is 0. The van der Waals surface area contributed by atoms with Crippen LogP contribution in [0.25, 0.3) is 0 Å². The highest BCUT2D eigenvalue weighted by Crippen LogP contribution is 2.35. The van der Waals surface area contributed by atoms with Crippen molar-refractivity contribution in [3.63, 3.8) is 0 Å². The number of ether oxygens (including phenoxy) is 1. The third-order valence-corrected chi connectivity index (χ3v) is 7.71. The minimum atomic E-state index is -2.01. The van der Waals surface area contributed by atoms with Crippen LogP contribution in [0.2, 0.25) is 0 Å². The molecule has 34 heavy (non-hydrogen) atoms. The molecule has 1 saturated heterocycles. The Morgan fingerprint density at radius 3 is 2.53 bits per heavy atom. The lowest BCUT2D eigenvalue weighted by molar-refractivity contribution is 0.103. The van der Waals surface area contributed by atoms with E-state index in [4.69, 9.17) is 4.74 Å². The fourth-order valence-corrected chi connectivity index (χ4v) is 5.87. The number of benzene rings is 2. The lowest BCUT2D eigenvalue weighted by atomic mass is 10.0. The predicted molar refractivity (Wildman–Crippen MR) is 132 cm³/mol. The summed E-state index contributed by atoms with van der Waals surface area (Å²) < 4.78 is 48.0. The van der Waals surface area contributed by atoms with Gasteiger partial charge >= 0.3 is 0 Å². The Kier molecular flexibility index (Phi) is 7.30. The third kappa shape index (κ3) is 4.98. The molecule has 10 heteroatoms. The van der Waals surface area contributed by atoms with Gasteiger partial charge in [-0.15, -0.1) is 11.3 Å². The first-order valence-electron chi connectivity index (χ1n) is 10.7. The number of anilines is 3. The van der Waals surface area contributed by atoms with Crippen molar-refractivity contribution in [2.75, 3.05) is 41.2 Å². The highest BCUT2D eigenvalue weighted by Gasteiger charge is 2.22. The number of morpholine rings is 1. The summed E-state index contributed by atoms with van der Waals surface area (Å²) in [5, 5.41) is 4.69. The molecule has 3 aromatic rings. The van der Waals surface area contributed by atoms with Crippen molar-refractivity contribution in [2.24, 2.45) is 0 Å². The van der Waals surface area contributed by atoms with Gasteiger partial charge in [0.1, 0.15) is 16.5 Å². The maximum absolute atomic E-state index is 14.0. The average molecular weight is 506 g/mol. The van der Waals surface area contributed by atoms with Crippen molar-refractivity contribution < 1.29 is 22.5 Å². The van der Waals surface area contributed by atoms with Gasteiger partial charge in [-0.1, -0.05) is 6.07 Å². The lowest BCUT2D eigenvalue weighted by Crippen LogP contribution is -2.37. The number of hydrogen-bond donors (Lipinski definition) is 2. The van der Waals surface area contributed by atoms with Gasteiger partial charge in [0.05, 0.1) is 23.8 Å². The zero-order valence-electron chi connectivity index (χ0n) is 19.0. The molecule has 0 aliphatic carbocycles. The van der Waals surface area contributed by atoms with Crippen LogP contribution >= 0.6 is 11.3 Å². The minimum absolute atomic E-state index is 0.195. The number of rotatable bonds is 6. The van der Waals surface area contributed by atoms with E-state index in [0.717, 1.165) is 53.3 Å². The summed E-state index contributed by atoms with van der Waals surface area (Å²) in [7, 11) is -2.01. The Morgan fingerprint density at radius 2 is 1.82 bits per heavy atom. The van der Waals surface area contributed by atoms with E-state index in [1.807, 2.05) is 19.9 Å². The first-order valence-corrected chi connectivity index (χ1v) is 12.7. The standard InChI is InChI=1S/C24H25F2N3O3S2/c1-14-12-15(2)22(29-7-9-32-10-8-29)16(3)21(14)27-24(30)23-19(6-11-33-23)28-34(31)20-5-4-17(25)13-18(20)26/h4-6,11-13,28H,7-10H2,1-3H3,(H,27,30).